The summed E-state index contributed by atoms with van der Waals surface area (Å²) in [7, 11) is 0. The molecule has 0 amide bonds. The molecule has 4 heteroatoms. The van der Waals surface area contributed by atoms with Crippen LogP contribution < -0.4 is 4.74 Å². The van der Waals surface area contributed by atoms with Crippen molar-refractivity contribution in [2.75, 3.05) is 6.61 Å². The third-order valence-corrected chi connectivity index (χ3v) is 3.95. The maximum absolute atomic E-state index is 5.59. The van der Waals surface area contributed by atoms with E-state index in [4.69, 9.17) is 4.74 Å². The monoisotopic (exact) mass is 288 g/mol. The maximum atomic E-state index is 5.59. The Labute approximate surface area is 101 Å². The summed E-state index contributed by atoms with van der Waals surface area (Å²) in [6.45, 7) is 2.66. The number of thiol groups is 1. The van der Waals surface area contributed by atoms with Gasteiger partial charge in [0.25, 0.3) is 0 Å². The molecule has 0 N–H and O–H groups in total. The number of fused-ring (bicyclic) bond motifs is 1. The molecule has 1 nitrogen and oxygen atoms in total. The summed E-state index contributed by atoms with van der Waals surface area (Å²) in [6.07, 6.45) is 0. The molecule has 0 aliphatic heterocycles. The van der Waals surface area contributed by atoms with Crippen LogP contribution in [0.2, 0.25) is 0 Å². The third-order valence-electron chi connectivity index (χ3n) is 1.91. The second-order valence-electron chi connectivity index (χ2n) is 2.80. The van der Waals surface area contributed by atoms with Crippen molar-refractivity contribution >= 4 is 50.0 Å². The summed E-state index contributed by atoms with van der Waals surface area (Å²) >= 11 is 9.60. The largest absolute Gasteiger partial charge is 0.492 e. The lowest BCUT2D eigenvalue weighted by molar-refractivity contribution is 0.342. The van der Waals surface area contributed by atoms with Gasteiger partial charge in [0.05, 0.1) is 15.8 Å². The smallest absolute Gasteiger partial charge is 0.142 e. The lowest BCUT2D eigenvalue weighted by atomic mass is 10.2. The summed E-state index contributed by atoms with van der Waals surface area (Å²) in [6, 6.07) is 4.04. The summed E-state index contributed by atoms with van der Waals surface area (Å²) in [5.74, 6) is 0.918. The molecule has 0 fully saturated rings. The highest BCUT2D eigenvalue weighted by Gasteiger charge is 2.10. The molecule has 0 saturated heterocycles. The summed E-state index contributed by atoms with van der Waals surface area (Å²) in [4.78, 5) is 0.991. The minimum absolute atomic E-state index is 0.676. The average Bonchev–Trinajstić information content (AvgIpc) is 2.60. The van der Waals surface area contributed by atoms with E-state index in [0.717, 1.165) is 20.5 Å². The Bertz CT molecular complexity index is 464. The van der Waals surface area contributed by atoms with Gasteiger partial charge in [-0.05, 0) is 40.4 Å². The maximum Gasteiger partial charge on any atom is 0.142 e. The van der Waals surface area contributed by atoms with Crippen molar-refractivity contribution in [3.05, 3.63) is 22.0 Å². The Morgan fingerprint density at radius 1 is 1.57 bits per heavy atom. The van der Waals surface area contributed by atoms with Crippen molar-refractivity contribution in [3.63, 3.8) is 0 Å². The first-order chi connectivity index (χ1) is 6.74. The standard InChI is InChI=1S/C10H9BrOS2/c1-2-12-9-6-3-4-14-10(6)8(13)5-7(9)11/h3-5,13H,2H2,1H3. The number of rotatable bonds is 2. The van der Waals surface area contributed by atoms with Crippen LogP contribution in [0.5, 0.6) is 5.75 Å². The van der Waals surface area contributed by atoms with Crippen LogP contribution in [-0.2, 0) is 0 Å². The molecule has 1 heterocycles. The van der Waals surface area contributed by atoms with E-state index in [0.29, 0.717) is 6.61 Å². The van der Waals surface area contributed by atoms with Crippen LogP contribution in [0.4, 0.5) is 0 Å². The number of halogens is 1. The second-order valence-corrected chi connectivity index (χ2v) is 5.06. The van der Waals surface area contributed by atoms with Crippen molar-refractivity contribution in [3.8, 4) is 5.75 Å². The first-order valence-electron chi connectivity index (χ1n) is 4.25. The molecule has 0 radical (unpaired) electrons. The number of hydrogen-bond donors (Lipinski definition) is 1. The van der Waals surface area contributed by atoms with Gasteiger partial charge in [0, 0.05) is 10.3 Å². The summed E-state index contributed by atoms with van der Waals surface area (Å²) < 4.78 is 7.74. The van der Waals surface area contributed by atoms with Gasteiger partial charge in [-0.25, -0.2) is 0 Å². The predicted octanol–water partition coefficient (Wildman–Crippen LogP) is 4.35. The topological polar surface area (TPSA) is 9.23 Å². The van der Waals surface area contributed by atoms with Crippen molar-refractivity contribution in [1.29, 1.82) is 0 Å². The number of benzene rings is 1. The molecule has 14 heavy (non-hydrogen) atoms. The average molecular weight is 289 g/mol. The van der Waals surface area contributed by atoms with Gasteiger partial charge in [-0.1, -0.05) is 0 Å². The van der Waals surface area contributed by atoms with Crippen LogP contribution in [0.1, 0.15) is 6.92 Å². The van der Waals surface area contributed by atoms with Crippen LogP contribution in [-0.4, -0.2) is 6.61 Å². The fourth-order valence-corrected chi connectivity index (χ4v) is 3.31. The van der Waals surface area contributed by atoms with Crippen molar-refractivity contribution in [2.24, 2.45) is 0 Å². The molecule has 1 aromatic heterocycles. The minimum atomic E-state index is 0.676. The molecular formula is C10H9BrOS2. The van der Waals surface area contributed by atoms with Gasteiger partial charge in [-0.3, -0.25) is 0 Å². The second kappa shape index (κ2) is 4.13. The molecule has 0 bridgehead atoms. The van der Waals surface area contributed by atoms with E-state index < -0.39 is 0 Å². The quantitative estimate of drug-likeness (QED) is 0.809. The van der Waals surface area contributed by atoms with Gasteiger partial charge in [0.1, 0.15) is 5.75 Å². The molecule has 0 aliphatic rings. The minimum Gasteiger partial charge on any atom is -0.492 e. The zero-order valence-corrected chi connectivity index (χ0v) is 10.9. The third kappa shape index (κ3) is 1.66. The Balaban J connectivity index is 2.73. The molecule has 0 spiro atoms. The molecular weight excluding hydrogens is 280 g/mol. The van der Waals surface area contributed by atoms with Crippen LogP contribution in [0.3, 0.4) is 0 Å². The highest BCUT2D eigenvalue weighted by molar-refractivity contribution is 9.10. The Hall–Kier alpha value is -0.190. The van der Waals surface area contributed by atoms with E-state index in [-0.39, 0.29) is 0 Å². The molecule has 2 aromatic rings. The predicted molar refractivity (Wildman–Crippen MR) is 67.9 cm³/mol. The molecule has 0 saturated carbocycles. The first-order valence-corrected chi connectivity index (χ1v) is 6.37. The first kappa shape index (κ1) is 10.3. The van der Waals surface area contributed by atoms with Gasteiger partial charge in [-0.2, -0.15) is 0 Å². The van der Waals surface area contributed by atoms with Crippen LogP contribution >= 0.6 is 39.9 Å². The highest BCUT2D eigenvalue weighted by atomic mass is 79.9. The van der Waals surface area contributed by atoms with E-state index >= 15 is 0 Å². The summed E-state index contributed by atoms with van der Waals surface area (Å²) in [5, 5.41) is 3.19. The van der Waals surface area contributed by atoms with Gasteiger partial charge in [-0.15, -0.1) is 24.0 Å². The molecule has 2 rings (SSSR count). The Morgan fingerprint density at radius 2 is 2.36 bits per heavy atom. The van der Waals surface area contributed by atoms with Gasteiger partial charge in [0.2, 0.25) is 0 Å². The zero-order chi connectivity index (χ0) is 10.1. The molecule has 0 atom stereocenters. The van der Waals surface area contributed by atoms with Gasteiger partial charge >= 0.3 is 0 Å². The van der Waals surface area contributed by atoms with Gasteiger partial charge in [0.15, 0.2) is 0 Å². The van der Waals surface area contributed by atoms with Crippen molar-refractivity contribution < 1.29 is 4.74 Å². The number of hydrogen-bond acceptors (Lipinski definition) is 3. The lowest BCUT2D eigenvalue weighted by Crippen LogP contribution is -1.92. The molecule has 74 valence electrons. The van der Waals surface area contributed by atoms with E-state index in [1.165, 1.54) is 4.70 Å². The number of thiophene rings is 1. The Morgan fingerprint density at radius 3 is 3.07 bits per heavy atom. The van der Waals surface area contributed by atoms with E-state index in [9.17, 15) is 0 Å². The van der Waals surface area contributed by atoms with Crippen molar-refractivity contribution in [2.45, 2.75) is 11.8 Å². The zero-order valence-electron chi connectivity index (χ0n) is 7.58. The van der Waals surface area contributed by atoms with E-state index in [1.807, 2.05) is 13.0 Å². The summed E-state index contributed by atoms with van der Waals surface area (Å²) in [5.41, 5.74) is 0. The molecule has 0 aliphatic carbocycles. The molecule has 1 aromatic carbocycles. The number of ether oxygens (including phenoxy) is 1. The van der Waals surface area contributed by atoms with Crippen LogP contribution in [0, 0.1) is 0 Å². The molecule has 0 unspecified atom stereocenters. The van der Waals surface area contributed by atoms with E-state index in [2.05, 4.69) is 40.0 Å². The fourth-order valence-electron chi connectivity index (χ4n) is 1.36. The Kier molecular flexibility index (Phi) is 3.04. The van der Waals surface area contributed by atoms with Crippen LogP contribution in [0.25, 0.3) is 10.1 Å². The lowest BCUT2D eigenvalue weighted by Gasteiger charge is -2.08. The fraction of sp³-hybridized carbons (Fsp3) is 0.200. The normalized spacial score (nSPS) is 10.8. The van der Waals surface area contributed by atoms with E-state index in [1.54, 1.807) is 11.3 Å². The van der Waals surface area contributed by atoms with Crippen molar-refractivity contribution in [1.82, 2.24) is 0 Å². The SMILES string of the molecule is CCOc1c(Br)cc(S)c2sccc12. The highest BCUT2D eigenvalue weighted by Crippen LogP contribution is 2.40. The van der Waals surface area contributed by atoms with Crippen LogP contribution in [0.15, 0.2) is 26.9 Å². The van der Waals surface area contributed by atoms with Gasteiger partial charge < -0.3 is 4.74 Å².